The van der Waals surface area contributed by atoms with E-state index in [0.29, 0.717) is 5.82 Å². The summed E-state index contributed by atoms with van der Waals surface area (Å²) < 4.78 is 9.67. The number of hydrogen-bond acceptors (Lipinski definition) is 2. The van der Waals surface area contributed by atoms with Gasteiger partial charge in [-0.2, -0.15) is 0 Å². The van der Waals surface area contributed by atoms with Crippen LogP contribution < -0.4 is 0 Å². The van der Waals surface area contributed by atoms with Crippen LogP contribution >= 0.6 is 0 Å². The van der Waals surface area contributed by atoms with Crippen molar-refractivity contribution >= 4 is 98.1 Å². The molecule has 0 unspecified atom stereocenters. The molecule has 0 N–H and O–H groups in total. The van der Waals surface area contributed by atoms with Gasteiger partial charge in [-0.1, -0.05) is 224 Å². The highest BCUT2D eigenvalue weighted by Crippen LogP contribution is 2.45. The van der Waals surface area contributed by atoms with Crippen molar-refractivity contribution in [1.29, 1.82) is 0 Å². The lowest BCUT2D eigenvalue weighted by molar-refractivity contribution is 1.13. The average Bonchev–Trinajstić information content (AvgIpc) is 1.52. The first kappa shape index (κ1) is 55.3. The molecule has 0 amide bonds. The number of nitrogens with zero attached hydrogens (tertiary/aromatic N) is 6. The summed E-state index contributed by atoms with van der Waals surface area (Å²) in [5, 5.41) is 10.5. The van der Waals surface area contributed by atoms with E-state index in [1.807, 2.05) is 0 Å². The van der Waals surface area contributed by atoms with Crippen molar-refractivity contribution < 1.29 is 0 Å². The van der Waals surface area contributed by atoms with Crippen LogP contribution in [0.5, 0.6) is 0 Å². The molecule has 0 atom stereocenters. The third-order valence-electron chi connectivity index (χ3n) is 20.1. The third-order valence-corrected chi connectivity index (χ3v) is 20.1. The van der Waals surface area contributed by atoms with Gasteiger partial charge in [-0.25, -0.2) is 9.97 Å². The molecule has 0 aliphatic rings. The number of rotatable bonds is 10. The molecule has 6 nitrogen and oxygen atoms in total. The lowest BCUT2D eigenvalue weighted by Gasteiger charge is -2.17. The maximum atomic E-state index is 5.83. The number of benzene rings is 15. The first-order valence-corrected chi connectivity index (χ1v) is 33.5. The van der Waals surface area contributed by atoms with Crippen LogP contribution in [0.2, 0.25) is 0 Å². The van der Waals surface area contributed by atoms with Crippen molar-refractivity contribution in [1.82, 2.24) is 28.2 Å². The van der Waals surface area contributed by atoms with E-state index in [1.165, 1.54) is 65.2 Å². The summed E-state index contributed by atoms with van der Waals surface area (Å²) >= 11 is 0. The largest absolute Gasteiger partial charge is 0.309 e. The second-order valence-corrected chi connectivity index (χ2v) is 25.7. The standard InChI is InChI=1S/C92H58N6/c1-5-23-59(24-6-1)61-41-46-71(60-25-7-2-8-26-60)81(57-61)91-76-35-13-18-36-82(76)93-92(94-91)66-51-69(97-85-39-21-16-33-74(85)79-55-64(44-49-89(79)97)62-42-47-87-77(53-62)72-31-14-19-37-83(72)95(87)67-27-9-3-10-28-67)58-70(52-66)98-86-40-22-17-34-75(86)80-56-65(45-50-90(80)98)63-43-48-88-78(54-63)73-32-15-20-38-84(73)96(88)68-29-11-4-12-30-68/h1-58H. The molecule has 98 heavy (non-hydrogen) atoms. The molecule has 15 aromatic carbocycles. The van der Waals surface area contributed by atoms with E-state index in [4.69, 9.17) is 9.97 Å². The molecule has 0 saturated heterocycles. The van der Waals surface area contributed by atoms with Gasteiger partial charge in [0.25, 0.3) is 0 Å². The van der Waals surface area contributed by atoms with Crippen LogP contribution in [0, 0.1) is 0 Å². The Bertz CT molecular complexity index is 6300. The summed E-state index contributed by atoms with van der Waals surface area (Å²) in [6.45, 7) is 0. The molecule has 20 rings (SSSR count). The van der Waals surface area contributed by atoms with E-state index in [1.54, 1.807) is 0 Å². The van der Waals surface area contributed by atoms with Gasteiger partial charge in [-0.3, -0.25) is 0 Å². The SMILES string of the molecule is c1ccc(-c2ccc(-c3ccccc3)c(-c3nc(-c4cc(-n5c6ccccc6c6cc(-c7ccc8c(c7)c7ccccc7n8-c7ccccc7)ccc65)cc(-n5c6ccccc6c6cc(-c7ccc8c(c7)c7ccccc7n8-c7ccccc7)ccc65)c4)nc4ccccc34)c2)cc1. The zero-order valence-corrected chi connectivity index (χ0v) is 53.2. The van der Waals surface area contributed by atoms with Gasteiger partial charge in [0.1, 0.15) is 0 Å². The highest BCUT2D eigenvalue weighted by atomic mass is 15.0. The summed E-state index contributed by atoms with van der Waals surface area (Å²) in [7, 11) is 0. The second-order valence-electron chi connectivity index (χ2n) is 25.7. The van der Waals surface area contributed by atoms with Crippen LogP contribution in [0.4, 0.5) is 0 Å². The van der Waals surface area contributed by atoms with Crippen molar-refractivity contribution in [2.45, 2.75) is 0 Å². The van der Waals surface area contributed by atoms with Gasteiger partial charge in [-0.15, -0.1) is 0 Å². The summed E-state index contributed by atoms with van der Waals surface area (Å²) in [6, 6.07) is 128. The molecule has 0 fully saturated rings. The van der Waals surface area contributed by atoms with Gasteiger partial charge >= 0.3 is 0 Å². The van der Waals surface area contributed by atoms with Crippen LogP contribution in [-0.2, 0) is 0 Å². The van der Waals surface area contributed by atoms with Crippen molar-refractivity contribution in [2.75, 3.05) is 0 Å². The second kappa shape index (κ2) is 22.2. The zero-order valence-electron chi connectivity index (χ0n) is 53.2. The number of hydrogen-bond donors (Lipinski definition) is 0. The number of aromatic nitrogens is 6. The molecule has 0 spiro atoms. The molecular weight excluding hydrogens is 1190 g/mol. The Kier molecular flexibility index (Phi) is 12.6. The normalized spacial score (nSPS) is 11.9. The van der Waals surface area contributed by atoms with Crippen molar-refractivity contribution in [3.8, 4) is 89.9 Å². The first-order chi connectivity index (χ1) is 48.6. The molecule has 6 heteroatoms. The minimum Gasteiger partial charge on any atom is -0.309 e. The smallest absolute Gasteiger partial charge is 0.160 e. The van der Waals surface area contributed by atoms with Crippen LogP contribution in [-0.4, -0.2) is 28.2 Å². The van der Waals surface area contributed by atoms with Gasteiger partial charge in [0.2, 0.25) is 0 Å². The Hall–Kier alpha value is -13.2. The lowest BCUT2D eigenvalue weighted by Crippen LogP contribution is -2.02. The van der Waals surface area contributed by atoms with Crippen LogP contribution in [0.25, 0.3) is 188 Å². The Labute approximate surface area is 564 Å². The van der Waals surface area contributed by atoms with Crippen molar-refractivity contribution in [3.63, 3.8) is 0 Å². The van der Waals surface area contributed by atoms with E-state index in [0.717, 1.165) is 117 Å². The fraction of sp³-hybridized carbons (Fsp3) is 0. The number of fused-ring (bicyclic) bond motifs is 13. The molecule has 456 valence electrons. The van der Waals surface area contributed by atoms with Crippen LogP contribution in [0.3, 0.4) is 0 Å². The van der Waals surface area contributed by atoms with E-state index in [2.05, 4.69) is 370 Å². The summed E-state index contributed by atoms with van der Waals surface area (Å²) in [5.74, 6) is 0.630. The monoisotopic (exact) mass is 1250 g/mol. The van der Waals surface area contributed by atoms with Crippen molar-refractivity contribution in [2.24, 2.45) is 0 Å². The van der Waals surface area contributed by atoms with E-state index in [-0.39, 0.29) is 0 Å². The summed E-state index contributed by atoms with van der Waals surface area (Å²) in [5.41, 5.74) is 26.2. The molecule has 0 bridgehead atoms. The van der Waals surface area contributed by atoms with Crippen LogP contribution in [0.15, 0.2) is 352 Å². The highest BCUT2D eigenvalue weighted by Gasteiger charge is 2.24. The van der Waals surface area contributed by atoms with Gasteiger partial charge in [0.05, 0.1) is 55.3 Å². The topological polar surface area (TPSA) is 45.5 Å². The van der Waals surface area contributed by atoms with E-state index >= 15 is 0 Å². The molecule has 5 heterocycles. The molecular formula is C92H58N6. The molecule has 0 saturated carbocycles. The molecule has 0 aliphatic heterocycles. The predicted octanol–water partition coefficient (Wildman–Crippen LogP) is 24.0. The quantitative estimate of drug-likeness (QED) is 0.137. The average molecular weight is 1250 g/mol. The van der Waals surface area contributed by atoms with Gasteiger partial charge in [0, 0.05) is 82.4 Å². The summed E-state index contributed by atoms with van der Waals surface area (Å²) in [6.07, 6.45) is 0. The van der Waals surface area contributed by atoms with Gasteiger partial charge < -0.3 is 18.3 Å². The molecule has 20 aromatic rings. The van der Waals surface area contributed by atoms with Gasteiger partial charge in [0.15, 0.2) is 5.82 Å². The van der Waals surface area contributed by atoms with E-state index < -0.39 is 0 Å². The zero-order chi connectivity index (χ0) is 64.4. The van der Waals surface area contributed by atoms with Gasteiger partial charge in [-0.05, 0) is 172 Å². The third kappa shape index (κ3) is 8.82. The fourth-order valence-corrected chi connectivity index (χ4v) is 15.7. The maximum absolute atomic E-state index is 5.83. The molecule has 0 aliphatic carbocycles. The Morgan fingerprint density at radius 3 is 0.929 bits per heavy atom. The lowest BCUT2D eigenvalue weighted by atomic mass is 9.92. The molecule has 5 aromatic heterocycles. The van der Waals surface area contributed by atoms with Crippen LogP contribution in [0.1, 0.15) is 0 Å². The Balaban J connectivity index is 0.806. The van der Waals surface area contributed by atoms with E-state index in [9.17, 15) is 0 Å². The summed E-state index contributed by atoms with van der Waals surface area (Å²) in [4.78, 5) is 11.4. The minimum absolute atomic E-state index is 0.630. The maximum Gasteiger partial charge on any atom is 0.160 e. The Morgan fingerprint density at radius 1 is 0.173 bits per heavy atom. The Morgan fingerprint density at radius 2 is 0.500 bits per heavy atom. The van der Waals surface area contributed by atoms with Crippen molar-refractivity contribution in [3.05, 3.63) is 352 Å². The fourth-order valence-electron chi connectivity index (χ4n) is 15.7. The number of para-hydroxylation sites is 7. The first-order valence-electron chi connectivity index (χ1n) is 33.5. The molecule has 0 radical (unpaired) electrons. The minimum atomic E-state index is 0.630. The highest BCUT2D eigenvalue weighted by molar-refractivity contribution is 6.15. The predicted molar refractivity (Wildman–Crippen MR) is 410 cm³/mol.